The predicted molar refractivity (Wildman–Crippen MR) is 85.5 cm³/mol. The van der Waals surface area contributed by atoms with Crippen LogP contribution in [0, 0.1) is 0 Å². The Balaban J connectivity index is 1.70. The molecule has 1 N–H and O–H groups in total. The van der Waals surface area contributed by atoms with Crippen molar-refractivity contribution in [2.45, 2.75) is 57.0 Å². The lowest BCUT2D eigenvalue weighted by molar-refractivity contribution is -0.127. The van der Waals surface area contributed by atoms with E-state index in [4.69, 9.17) is 0 Å². The van der Waals surface area contributed by atoms with Crippen molar-refractivity contribution in [3.63, 3.8) is 0 Å². The number of benzene rings is 1. The topological polar surface area (TPSA) is 49.4 Å². The van der Waals surface area contributed by atoms with Crippen molar-refractivity contribution in [1.82, 2.24) is 10.2 Å². The standard InChI is InChI=1S/C18H24N2O2/c21-17(19-15-10-4-5-11-15)16-12-6-7-13-20(16)18(22)14-8-2-1-3-9-14/h1-3,8-9,15-16H,4-7,10-13H2,(H,19,21)/t16-/m1/s1. The number of nitrogens with one attached hydrogen (secondary N) is 1. The van der Waals surface area contributed by atoms with Gasteiger partial charge in [0.15, 0.2) is 0 Å². The third kappa shape index (κ3) is 3.32. The van der Waals surface area contributed by atoms with Crippen molar-refractivity contribution in [1.29, 1.82) is 0 Å². The molecule has 22 heavy (non-hydrogen) atoms. The highest BCUT2D eigenvalue weighted by Gasteiger charge is 2.33. The second kappa shape index (κ2) is 6.95. The highest BCUT2D eigenvalue weighted by atomic mass is 16.2. The van der Waals surface area contributed by atoms with Gasteiger partial charge < -0.3 is 10.2 Å². The molecule has 2 aliphatic rings. The van der Waals surface area contributed by atoms with Crippen LogP contribution in [0.4, 0.5) is 0 Å². The first kappa shape index (κ1) is 15.1. The molecule has 0 spiro atoms. The van der Waals surface area contributed by atoms with Gasteiger partial charge in [0.05, 0.1) is 0 Å². The third-order valence-electron chi connectivity index (χ3n) is 4.79. The van der Waals surface area contributed by atoms with Crippen molar-refractivity contribution in [3.8, 4) is 0 Å². The van der Waals surface area contributed by atoms with E-state index in [1.165, 1.54) is 12.8 Å². The van der Waals surface area contributed by atoms with Gasteiger partial charge in [0.2, 0.25) is 5.91 Å². The summed E-state index contributed by atoms with van der Waals surface area (Å²) in [4.78, 5) is 27.1. The van der Waals surface area contributed by atoms with Gasteiger partial charge in [-0.1, -0.05) is 31.0 Å². The van der Waals surface area contributed by atoms with Gasteiger partial charge in [-0.25, -0.2) is 0 Å². The van der Waals surface area contributed by atoms with Crippen molar-refractivity contribution in [3.05, 3.63) is 35.9 Å². The minimum absolute atomic E-state index is 0.0214. The monoisotopic (exact) mass is 300 g/mol. The minimum Gasteiger partial charge on any atom is -0.352 e. The van der Waals surface area contributed by atoms with Gasteiger partial charge in [-0.2, -0.15) is 0 Å². The summed E-state index contributed by atoms with van der Waals surface area (Å²) in [7, 11) is 0. The molecular formula is C18H24N2O2. The maximum Gasteiger partial charge on any atom is 0.254 e. The summed E-state index contributed by atoms with van der Waals surface area (Å²) < 4.78 is 0. The van der Waals surface area contributed by atoms with Crippen molar-refractivity contribution in [2.75, 3.05) is 6.54 Å². The van der Waals surface area contributed by atoms with E-state index in [1.54, 1.807) is 4.90 Å². The van der Waals surface area contributed by atoms with Crippen LogP contribution in [0.1, 0.15) is 55.3 Å². The Morgan fingerprint density at radius 3 is 2.36 bits per heavy atom. The molecule has 3 rings (SSSR count). The summed E-state index contributed by atoms with van der Waals surface area (Å²) in [5.41, 5.74) is 0.670. The highest BCUT2D eigenvalue weighted by Crippen LogP contribution is 2.22. The number of hydrogen-bond donors (Lipinski definition) is 1. The van der Waals surface area contributed by atoms with E-state index >= 15 is 0 Å². The summed E-state index contributed by atoms with van der Waals surface area (Å²) in [6.45, 7) is 0.677. The molecule has 1 saturated carbocycles. The van der Waals surface area contributed by atoms with E-state index in [9.17, 15) is 9.59 Å². The Hall–Kier alpha value is -1.84. The van der Waals surface area contributed by atoms with Gasteiger partial charge in [0.1, 0.15) is 6.04 Å². The maximum atomic E-state index is 12.7. The van der Waals surface area contributed by atoms with Crippen molar-refractivity contribution >= 4 is 11.8 Å². The number of carbonyl (C=O) groups excluding carboxylic acids is 2. The Labute approximate surface area is 131 Å². The average molecular weight is 300 g/mol. The maximum absolute atomic E-state index is 12.7. The molecular weight excluding hydrogens is 276 g/mol. The fourth-order valence-electron chi connectivity index (χ4n) is 3.56. The molecule has 0 aromatic heterocycles. The molecule has 0 radical (unpaired) electrons. The van der Waals surface area contributed by atoms with Crippen LogP contribution in [0.5, 0.6) is 0 Å². The molecule has 118 valence electrons. The molecule has 1 aliphatic heterocycles. The summed E-state index contributed by atoms with van der Waals surface area (Å²) >= 11 is 0. The van der Waals surface area contributed by atoms with E-state index in [2.05, 4.69) is 5.32 Å². The SMILES string of the molecule is O=C(NC1CCCC1)[C@H]1CCCCN1C(=O)c1ccccc1. The van der Waals surface area contributed by atoms with Crippen LogP contribution in [-0.4, -0.2) is 35.3 Å². The molecule has 4 nitrogen and oxygen atoms in total. The summed E-state index contributed by atoms with van der Waals surface area (Å²) in [6.07, 6.45) is 7.31. The Kier molecular flexibility index (Phi) is 4.76. The normalized spacial score (nSPS) is 22.5. The zero-order valence-corrected chi connectivity index (χ0v) is 13.0. The number of nitrogens with zero attached hydrogens (tertiary/aromatic N) is 1. The van der Waals surface area contributed by atoms with Gasteiger partial charge >= 0.3 is 0 Å². The van der Waals surface area contributed by atoms with Crippen LogP contribution in [0.3, 0.4) is 0 Å². The quantitative estimate of drug-likeness (QED) is 0.933. The second-order valence-electron chi connectivity index (χ2n) is 6.37. The van der Waals surface area contributed by atoms with Crippen LogP contribution in [-0.2, 0) is 4.79 Å². The first-order valence-electron chi connectivity index (χ1n) is 8.42. The van der Waals surface area contributed by atoms with Crippen LogP contribution >= 0.6 is 0 Å². The number of piperidine rings is 1. The van der Waals surface area contributed by atoms with Crippen LogP contribution in [0.15, 0.2) is 30.3 Å². The van der Waals surface area contributed by atoms with Gasteiger partial charge in [-0.05, 0) is 44.2 Å². The summed E-state index contributed by atoms with van der Waals surface area (Å²) in [5.74, 6) is 0.0164. The van der Waals surface area contributed by atoms with Crippen LogP contribution in [0.2, 0.25) is 0 Å². The molecule has 1 heterocycles. The van der Waals surface area contributed by atoms with E-state index in [0.717, 1.165) is 32.1 Å². The Morgan fingerprint density at radius 1 is 0.955 bits per heavy atom. The lowest BCUT2D eigenvalue weighted by atomic mass is 9.99. The fraction of sp³-hybridized carbons (Fsp3) is 0.556. The highest BCUT2D eigenvalue weighted by molar-refractivity contribution is 5.97. The number of carbonyl (C=O) groups is 2. The fourth-order valence-corrected chi connectivity index (χ4v) is 3.56. The molecule has 1 aromatic rings. The van der Waals surface area contributed by atoms with Gasteiger partial charge in [-0.3, -0.25) is 9.59 Å². The second-order valence-corrected chi connectivity index (χ2v) is 6.37. The lowest BCUT2D eigenvalue weighted by Crippen LogP contribution is -2.53. The number of hydrogen-bond acceptors (Lipinski definition) is 2. The number of amides is 2. The predicted octanol–water partition coefficient (Wildman–Crippen LogP) is 2.74. The van der Waals surface area contributed by atoms with E-state index in [1.807, 2.05) is 30.3 Å². The van der Waals surface area contributed by atoms with Crippen molar-refractivity contribution < 1.29 is 9.59 Å². The Bertz CT molecular complexity index is 523. The molecule has 0 bridgehead atoms. The smallest absolute Gasteiger partial charge is 0.254 e. The molecule has 2 amide bonds. The zero-order valence-electron chi connectivity index (χ0n) is 13.0. The van der Waals surface area contributed by atoms with E-state index < -0.39 is 0 Å². The molecule has 4 heteroatoms. The largest absolute Gasteiger partial charge is 0.352 e. The third-order valence-corrected chi connectivity index (χ3v) is 4.79. The van der Waals surface area contributed by atoms with E-state index in [0.29, 0.717) is 18.2 Å². The molecule has 1 saturated heterocycles. The number of likely N-dealkylation sites (tertiary alicyclic amines) is 1. The summed E-state index contributed by atoms with van der Waals surface area (Å²) in [5, 5.41) is 3.15. The molecule has 2 fully saturated rings. The minimum atomic E-state index is -0.304. The van der Waals surface area contributed by atoms with E-state index in [-0.39, 0.29) is 17.9 Å². The average Bonchev–Trinajstić information content (AvgIpc) is 3.08. The first-order chi connectivity index (χ1) is 10.8. The molecule has 1 aliphatic carbocycles. The molecule has 1 atom stereocenters. The Morgan fingerprint density at radius 2 is 1.64 bits per heavy atom. The molecule has 0 unspecified atom stereocenters. The zero-order chi connectivity index (χ0) is 15.4. The first-order valence-corrected chi connectivity index (χ1v) is 8.42. The molecule has 1 aromatic carbocycles. The van der Waals surface area contributed by atoms with Crippen LogP contribution < -0.4 is 5.32 Å². The van der Waals surface area contributed by atoms with Crippen LogP contribution in [0.25, 0.3) is 0 Å². The van der Waals surface area contributed by atoms with Gasteiger partial charge in [0.25, 0.3) is 5.91 Å². The van der Waals surface area contributed by atoms with Crippen molar-refractivity contribution in [2.24, 2.45) is 0 Å². The number of rotatable bonds is 3. The summed E-state index contributed by atoms with van der Waals surface area (Å²) in [6, 6.07) is 9.28. The van der Waals surface area contributed by atoms with Gasteiger partial charge in [-0.15, -0.1) is 0 Å². The lowest BCUT2D eigenvalue weighted by Gasteiger charge is -2.35. The van der Waals surface area contributed by atoms with Gasteiger partial charge in [0, 0.05) is 18.2 Å².